The highest BCUT2D eigenvalue weighted by Crippen LogP contribution is 2.32. The number of nitrogens with zero attached hydrogens (tertiary/aromatic N) is 2. The Kier molecular flexibility index (Phi) is 6.24. The van der Waals surface area contributed by atoms with Gasteiger partial charge in [0.2, 0.25) is 0 Å². The van der Waals surface area contributed by atoms with Crippen LogP contribution in [0, 0.1) is 6.92 Å². The van der Waals surface area contributed by atoms with Crippen molar-refractivity contribution >= 4 is 45.5 Å². The largest absolute Gasteiger partial charge is 0.495 e. The van der Waals surface area contributed by atoms with Crippen molar-refractivity contribution in [1.29, 1.82) is 0 Å². The number of benzene rings is 2. The maximum Gasteiger partial charge on any atom is 0.327 e. The smallest absolute Gasteiger partial charge is 0.327 e. The third-order valence-corrected chi connectivity index (χ3v) is 6.41. The van der Waals surface area contributed by atoms with Gasteiger partial charge in [-0.25, -0.2) is 9.55 Å². The summed E-state index contributed by atoms with van der Waals surface area (Å²) in [6.45, 7) is 5.02. The first-order valence-electron chi connectivity index (χ1n) is 10.4. The standard InChI is InChI=1S/C24H23N3O5S/c1-5-32-23(30)21(14(3)28)33-24-26-19-15-8-6-7-9-16(15)25-20(19)22(29)27(24)17-12-13(2)10-11-18(17)31-4/h6-12,21,25H,5H2,1-4H3. The number of rotatable bonds is 7. The zero-order valence-corrected chi connectivity index (χ0v) is 19.5. The van der Waals surface area contributed by atoms with Crippen molar-refractivity contribution in [3.05, 3.63) is 58.4 Å². The van der Waals surface area contributed by atoms with Gasteiger partial charge in [0.05, 0.1) is 19.4 Å². The van der Waals surface area contributed by atoms with Crippen LogP contribution in [0.1, 0.15) is 19.4 Å². The third-order valence-electron chi connectivity index (χ3n) is 5.16. The lowest BCUT2D eigenvalue weighted by atomic mass is 10.2. The molecule has 2 heterocycles. The number of Topliss-reactive ketones (excluding diaryl/α,β-unsaturated/α-hetero) is 1. The number of aromatic nitrogens is 3. The van der Waals surface area contributed by atoms with Gasteiger partial charge in [0.25, 0.3) is 5.56 Å². The van der Waals surface area contributed by atoms with E-state index >= 15 is 0 Å². The molecule has 2 aromatic heterocycles. The van der Waals surface area contributed by atoms with Crippen molar-refractivity contribution in [2.45, 2.75) is 31.2 Å². The number of nitrogens with one attached hydrogen (secondary N) is 1. The fourth-order valence-electron chi connectivity index (χ4n) is 3.63. The molecule has 4 rings (SSSR count). The van der Waals surface area contributed by atoms with E-state index in [0.717, 1.165) is 28.2 Å². The Bertz CT molecular complexity index is 1440. The lowest BCUT2D eigenvalue weighted by Crippen LogP contribution is -2.29. The van der Waals surface area contributed by atoms with Gasteiger partial charge in [-0.3, -0.25) is 14.4 Å². The van der Waals surface area contributed by atoms with Crippen molar-refractivity contribution < 1.29 is 19.1 Å². The molecule has 2 aromatic carbocycles. The second-order valence-corrected chi connectivity index (χ2v) is 8.54. The molecule has 1 unspecified atom stereocenters. The monoisotopic (exact) mass is 465 g/mol. The number of hydrogen-bond donors (Lipinski definition) is 1. The van der Waals surface area contributed by atoms with E-state index in [9.17, 15) is 14.4 Å². The fourth-order valence-corrected chi connectivity index (χ4v) is 4.60. The van der Waals surface area contributed by atoms with E-state index in [1.807, 2.05) is 37.3 Å². The Hall–Kier alpha value is -3.59. The average molecular weight is 466 g/mol. The molecular formula is C24H23N3O5S. The number of H-pyrrole nitrogens is 1. The Labute approximate surface area is 193 Å². The molecule has 0 fully saturated rings. The summed E-state index contributed by atoms with van der Waals surface area (Å²) in [5, 5.41) is -0.207. The molecule has 0 spiro atoms. The molecule has 0 aliphatic carbocycles. The molecule has 0 aliphatic rings. The number of carbonyl (C=O) groups excluding carboxylic acids is 2. The highest BCUT2D eigenvalue weighted by atomic mass is 32.2. The molecule has 0 radical (unpaired) electrons. The Morgan fingerprint density at radius 1 is 1.21 bits per heavy atom. The summed E-state index contributed by atoms with van der Waals surface area (Å²) < 4.78 is 12.0. The highest BCUT2D eigenvalue weighted by molar-refractivity contribution is 8.01. The third kappa shape index (κ3) is 4.11. The quantitative estimate of drug-likeness (QED) is 0.192. The van der Waals surface area contributed by atoms with Crippen LogP contribution in [0.5, 0.6) is 5.75 Å². The van der Waals surface area contributed by atoms with Crippen molar-refractivity contribution in [1.82, 2.24) is 14.5 Å². The molecule has 0 aliphatic heterocycles. The van der Waals surface area contributed by atoms with Crippen LogP contribution in [0.15, 0.2) is 52.4 Å². The van der Waals surface area contributed by atoms with Crippen molar-refractivity contribution in [2.24, 2.45) is 0 Å². The van der Waals surface area contributed by atoms with E-state index in [1.165, 1.54) is 18.6 Å². The normalized spacial score (nSPS) is 12.1. The lowest BCUT2D eigenvalue weighted by Gasteiger charge is -2.18. The number of para-hydroxylation sites is 1. The van der Waals surface area contributed by atoms with Crippen LogP contribution in [-0.2, 0) is 14.3 Å². The number of esters is 1. The summed E-state index contributed by atoms with van der Waals surface area (Å²) in [5.41, 5.74) is 2.54. The number of aromatic amines is 1. The summed E-state index contributed by atoms with van der Waals surface area (Å²) in [6.07, 6.45) is 0. The minimum Gasteiger partial charge on any atom is -0.495 e. The van der Waals surface area contributed by atoms with E-state index in [0.29, 0.717) is 22.5 Å². The molecule has 1 N–H and O–H groups in total. The molecule has 0 bridgehead atoms. The first-order valence-corrected chi connectivity index (χ1v) is 11.3. The predicted octanol–water partition coefficient (Wildman–Crippen LogP) is 3.80. The summed E-state index contributed by atoms with van der Waals surface area (Å²) in [6, 6.07) is 12.9. The van der Waals surface area contributed by atoms with Gasteiger partial charge < -0.3 is 14.5 Å². The molecule has 0 saturated heterocycles. The van der Waals surface area contributed by atoms with Gasteiger partial charge in [-0.2, -0.15) is 0 Å². The zero-order chi connectivity index (χ0) is 23.7. The first-order chi connectivity index (χ1) is 15.8. The molecule has 8 nitrogen and oxygen atoms in total. The summed E-state index contributed by atoms with van der Waals surface area (Å²) in [5.74, 6) is -0.613. The second-order valence-electron chi connectivity index (χ2n) is 7.47. The predicted molar refractivity (Wildman–Crippen MR) is 127 cm³/mol. The molecule has 0 amide bonds. The Balaban J connectivity index is 2.04. The molecule has 1 atom stereocenters. The number of aryl methyl sites for hydroxylation is 1. The van der Waals surface area contributed by atoms with E-state index in [4.69, 9.17) is 14.5 Å². The van der Waals surface area contributed by atoms with Crippen molar-refractivity contribution in [3.63, 3.8) is 0 Å². The van der Waals surface area contributed by atoms with Crippen molar-refractivity contribution in [3.8, 4) is 11.4 Å². The minimum atomic E-state index is -1.17. The number of thioether (sulfide) groups is 1. The number of ether oxygens (including phenoxy) is 2. The summed E-state index contributed by atoms with van der Waals surface area (Å²) in [7, 11) is 1.51. The number of fused-ring (bicyclic) bond motifs is 3. The second kappa shape index (κ2) is 9.11. The maximum atomic E-state index is 13.8. The SMILES string of the molecule is CCOC(=O)C(Sc1nc2c([nH]c3ccccc32)c(=O)n1-c1cc(C)ccc1OC)C(C)=O. The lowest BCUT2D eigenvalue weighted by molar-refractivity contribution is -0.144. The number of methoxy groups -OCH3 is 1. The van der Waals surface area contributed by atoms with Gasteiger partial charge in [-0.15, -0.1) is 0 Å². The number of carbonyl (C=O) groups is 2. The van der Waals surface area contributed by atoms with Crippen LogP contribution in [0.3, 0.4) is 0 Å². The summed E-state index contributed by atoms with van der Waals surface area (Å²) in [4.78, 5) is 46.5. The topological polar surface area (TPSA) is 103 Å². The molecular weight excluding hydrogens is 442 g/mol. The minimum absolute atomic E-state index is 0.136. The number of ketones is 1. The van der Waals surface area contributed by atoms with E-state index in [1.54, 1.807) is 19.1 Å². The van der Waals surface area contributed by atoms with Gasteiger partial charge in [0.1, 0.15) is 16.8 Å². The van der Waals surface area contributed by atoms with E-state index in [2.05, 4.69) is 4.98 Å². The van der Waals surface area contributed by atoms with Crippen LogP contribution in [0.2, 0.25) is 0 Å². The van der Waals surface area contributed by atoms with Gasteiger partial charge in [-0.05, 0) is 44.5 Å². The molecule has 33 heavy (non-hydrogen) atoms. The Morgan fingerprint density at radius 2 is 1.97 bits per heavy atom. The van der Waals surface area contributed by atoms with Gasteiger partial charge >= 0.3 is 5.97 Å². The van der Waals surface area contributed by atoms with Gasteiger partial charge in [0.15, 0.2) is 16.2 Å². The van der Waals surface area contributed by atoms with Crippen LogP contribution in [0.25, 0.3) is 27.6 Å². The van der Waals surface area contributed by atoms with Gasteiger partial charge in [0, 0.05) is 10.9 Å². The van der Waals surface area contributed by atoms with Gasteiger partial charge in [-0.1, -0.05) is 36.0 Å². The van der Waals surface area contributed by atoms with E-state index < -0.39 is 17.0 Å². The average Bonchev–Trinajstić information content (AvgIpc) is 3.16. The van der Waals surface area contributed by atoms with Crippen LogP contribution >= 0.6 is 11.8 Å². The van der Waals surface area contributed by atoms with Crippen LogP contribution in [0.4, 0.5) is 0 Å². The van der Waals surface area contributed by atoms with E-state index in [-0.39, 0.29) is 17.3 Å². The zero-order valence-electron chi connectivity index (χ0n) is 18.7. The molecule has 0 saturated carbocycles. The molecule has 4 aromatic rings. The highest BCUT2D eigenvalue weighted by Gasteiger charge is 2.30. The Morgan fingerprint density at radius 3 is 2.67 bits per heavy atom. The first kappa shape index (κ1) is 22.6. The van der Waals surface area contributed by atoms with Crippen molar-refractivity contribution in [2.75, 3.05) is 13.7 Å². The van der Waals surface area contributed by atoms with Crippen LogP contribution < -0.4 is 10.3 Å². The number of hydrogen-bond acceptors (Lipinski definition) is 7. The molecule has 170 valence electrons. The summed E-state index contributed by atoms with van der Waals surface area (Å²) >= 11 is 0.891. The maximum absolute atomic E-state index is 13.8. The molecule has 9 heteroatoms. The van der Waals surface area contributed by atoms with Crippen LogP contribution in [-0.4, -0.2) is 45.3 Å². The fraction of sp³-hybridized carbons (Fsp3) is 0.250.